The number of carbonyl (C=O) groups excluding carboxylic acids is 3. The van der Waals surface area contributed by atoms with Gasteiger partial charge in [0.2, 0.25) is 5.91 Å². The fourth-order valence-electron chi connectivity index (χ4n) is 3.07. The Kier molecular flexibility index (Phi) is 5.79. The molecule has 148 valence electrons. The summed E-state index contributed by atoms with van der Waals surface area (Å²) in [6, 6.07) is 8.46. The van der Waals surface area contributed by atoms with E-state index in [0.29, 0.717) is 30.2 Å². The van der Waals surface area contributed by atoms with E-state index in [9.17, 15) is 19.5 Å². The van der Waals surface area contributed by atoms with Crippen LogP contribution in [-0.2, 0) is 14.4 Å². The van der Waals surface area contributed by atoms with E-state index in [4.69, 9.17) is 4.42 Å². The molecule has 3 rings (SSSR count). The van der Waals surface area contributed by atoms with Crippen molar-refractivity contribution in [1.82, 2.24) is 5.32 Å². The fourth-order valence-corrected chi connectivity index (χ4v) is 3.07. The van der Waals surface area contributed by atoms with Crippen molar-refractivity contribution in [3.63, 3.8) is 0 Å². The van der Waals surface area contributed by atoms with Gasteiger partial charge >= 0.3 is 11.8 Å². The zero-order chi connectivity index (χ0) is 20.3. The summed E-state index contributed by atoms with van der Waals surface area (Å²) in [5.41, 5.74) is 2.06. The molecule has 1 atom stereocenters. The first-order valence-corrected chi connectivity index (χ1v) is 9.10. The van der Waals surface area contributed by atoms with Crippen molar-refractivity contribution in [2.75, 3.05) is 23.3 Å². The number of aliphatic hydroxyl groups excluding tert-OH is 1. The SMILES string of the molecule is Cc1ccc(C(O)CNC(=O)C(=O)Nc2ccc(C)c(N3CCCC3=O)c2)o1. The van der Waals surface area contributed by atoms with Gasteiger partial charge in [-0.25, -0.2) is 0 Å². The molecule has 0 radical (unpaired) electrons. The predicted octanol–water partition coefficient (Wildman–Crippen LogP) is 1.81. The van der Waals surface area contributed by atoms with Gasteiger partial charge < -0.3 is 25.1 Å². The third-order valence-corrected chi connectivity index (χ3v) is 4.58. The fraction of sp³-hybridized carbons (Fsp3) is 0.350. The third-order valence-electron chi connectivity index (χ3n) is 4.58. The number of anilines is 2. The first-order valence-electron chi connectivity index (χ1n) is 9.10. The molecule has 1 aliphatic rings. The molecule has 28 heavy (non-hydrogen) atoms. The lowest BCUT2D eigenvalue weighted by Crippen LogP contribution is -2.37. The van der Waals surface area contributed by atoms with Gasteiger partial charge in [0.25, 0.3) is 0 Å². The van der Waals surface area contributed by atoms with Gasteiger partial charge in [-0.1, -0.05) is 6.07 Å². The van der Waals surface area contributed by atoms with E-state index in [2.05, 4.69) is 10.6 Å². The van der Waals surface area contributed by atoms with Gasteiger partial charge in [0.05, 0.1) is 6.54 Å². The smallest absolute Gasteiger partial charge is 0.313 e. The van der Waals surface area contributed by atoms with E-state index < -0.39 is 17.9 Å². The highest BCUT2D eigenvalue weighted by molar-refractivity contribution is 6.39. The molecule has 2 heterocycles. The van der Waals surface area contributed by atoms with Gasteiger partial charge in [-0.3, -0.25) is 14.4 Å². The number of nitrogens with zero attached hydrogens (tertiary/aromatic N) is 1. The van der Waals surface area contributed by atoms with Gasteiger partial charge in [0.15, 0.2) is 0 Å². The number of hydrogen-bond acceptors (Lipinski definition) is 5. The van der Waals surface area contributed by atoms with Crippen LogP contribution in [0.1, 0.15) is 36.0 Å². The van der Waals surface area contributed by atoms with Gasteiger partial charge in [0, 0.05) is 24.3 Å². The Morgan fingerprint density at radius 2 is 2.00 bits per heavy atom. The highest BCUT2D eigenvalue weighted by atomic mass is 16.4. The summed E-state index contributed by atoms with van der Waals surface area (Å²) in [4.78, 5) is 37.8. The van der Waals surface area contributed by atoms with Crippen molar-refractivity contribution >= 4 is 29.1 Å². The summed E-state index contributed by atoms with van der Waals surface area (Å²) in [6.45, 7) is 4.12. The Morgan fingerprint density at radius 3 is 2.64 bits per heavy atom. The molecule has 0 spiro atoms. The van der Waals surface area contributed by atoms with E-state index in [0.717, 1.165) is 17.7 Å². The minimum absolute atomic E-state index is 0.0477. The Labute approximate surface area is 162 Å². The van der Waals surface area contributed by atoms with E-state index in [1.54, 1.807) is 42.2 Å². The lowest BCUT2D eigenvalue weighted by atomic mass is 10.1. The van der Waals surface area contributed by atoms with Gasteiger partial charge in [-0.2, -0.15) is 0 Å². The molecule has 3 amide bonds. The molecule has 1 unspecified atom stereocenters. The quantitative estimate of drug-likeness (QED) is 0.680. The molecular formula is C20H23N3O5. The van der Waals surface area contributed by atoms with Crippen LogP contribution < -0.4 is 15.5 Å². The minimum Gasteiger partial charge on any atom is -0.464 e. The number of aryl methyl sites for hydroxylation is 2. The number of carbonyl (C=O) groups is 3. The van der Waals surface area contributed by atoms with Crippen LogP contribution in [0, 0.1) is 13.8 Å². The topological polar surface area (TPSA) is 112 Å². The number of amides is 3. The molecule has 1 saturated heterocycles. The van der Waals surface area contributed by atoms with Gasteiger partial charge in [-0.15, -0.1) is 0 Å². The molecule has 1 aromatic carbocycles. The second-order valence-electron chi connectivity index (χ2n) is 6.78. The summed E-state index contributed by atoms with van der Waals surface area (Å²) in [5.74, 6) is -0.722. The zero-order valence-electron chi connectivity index (χ0n) is 15.8. The first-order chi connectivity index (χ1) is 13.3. The van der Waals surface area contributed by atoms with Crippen LogP contribution in [0.2, 0.25) is 0 Å². The van der Waals surface area contributed by atoms with Gasteiger partial charge in [-0.05, 0) is 50.1 Å². The molecule has 0 saturated carbocycles. The summed E-state index contributed by atoms with van der Waals surface area (Å²) in [6.07, 6.45) is 0.266. The maximum absolute atomic E-state index is 12.1. The molecular weight excluding hydrogens is 362 g/mol. The van der Waals surface area contributed by atoms with Crippen LogP contribution in [-0.4, -0.2) is 35.9 Å². The standard InChI is InChI=1S/C20H23N3O5/c1-12-5-7-14(10-15(12)23-9-3-4-18(23)25)22-20(27)19(26)21-11-16(24)17-8-6-13(2)28-17/h5-8,10,16,24H,3-4,9,11H2,1-2H3,(H,21,26)(H,22,27). The molecule has 8 nitrogen and oxygen atoms in total. The molecule has 1 fully saturated rings. The zero-order valence-corrected chi connectivity index (χ0v) is 15.8. The number of furan rings is 1. The Hall–Kier alpha value is -3.13. The molecule has 0 bridgehead atoms. The van der Waals surface area contributed by atoms with Crippen LogP contribution in [0.4, 0.5) is 11.4 Å². The van der Waals surface area contributed by atoms with Crippen molar-refractivity contribution in [3.05, 3.63) is 47.4 Å². The van der Waals surface area contributed by atoms with Crippen LogP contribution >= 0.6 is 0 Å². The summed E-state index contributed by atoms with van der Waals surface area (Å²) >= 11 is 0. The monoisotopic (exact) mass is 385 g/mol. The van der Waals surface area contributed by atoms with Crippen molar-refractivity contribution < 1.29 is 23.9 Å². The third kappa shape index (κ3) is 4.40. The molecule has 1 aromatic heterocycles. The molecule has 3 N–H and O–H groups in total. The van der Waals surface area contributed by atoms with Crippen LogP contribution in [0.15, 0.2) is 34.7 Å². The van der Waals surface area contributed by atoms with E-state index in [1.165, 1.54) is 0 Å². The van der Waals surface area contributed by atoms with Crippen LogP contribution in [0.25, 0.3) is 0 Å². The highest BCUT2D eigenvalue weighted by Gasteiger charge is 2.24. The number of hydrogen-bond donors (Lipinski definition) is 3. The van der Waals surface area contributed by atoms with Crippen LogP contribution in [0.3, 0.4) is 0 Å². The average molecular weight is 385 g/mol. The summed E-state index contributed by atoms with van der Waals surface area (Å²) in [5, 5.41) is 14.9. The largest absolute Gasteiger partial charge is 0.464 e. The number of nitrogens with one attached hydrogen (secondary N) is 2. The van der Waals surface area contributed by atoms with E-state index >= 15 is 0 Å². The number of benzene rings is 1. The Morgan fingerprint density at radius 1 is 1.21 bits per heavy atom. The van der Waals surface area contributed by atoms with Crippen molar-refractivity contribution in [3.8, 4) is 0 Å². The molecule has 2 aromatic rings. The number of rotatable bonds is 5. The lowest BCUT2D eigenvalue weighted by molar-refractivity contribution is -0.136. The second-order valence-corrected chi connectivity index (χ2v) is 6.78. The minimum atomic E-state index is -1.04. The lowest BCUT2D eigenvalue weighted by Gasteiger charge is -2.19. The second kappa shape index (κ2) is 8.26. The van der Waals surface area contributed by atoms with Crippen LogP contribution in [0.5, 0.6) is 0 Å². The van der Waals surface area contributed by atoms with E-state index in [1.807, 2.05) is 6.92 Å². The normalized spacial score (nSPS) is 14.8. The highest BCUT2D eigenvalue weighted by Crippen LogP contribution is 2.28. The maximum atomic E-state index is 12.1. The van der Waals surface area contributed by atoms with Crippen molar-refractivity contribution in [2.24, 2.45) is 0 Å². The predicted molar refractivity (Wildman–Crippen MR) is 103 cm³/mol. The summed E-state index contributed by atoms with van der Waals surface area (Å²) in [7, 11) is 0. The summed E-state index contributed by atoms with van der Waals surface area (Å²) < 4.78 is 5.28. The van der Waals surface area contributed by atoms with Gasteiger partial charge in [0.1, 0.15) is 17.6 Å². The maximum Gasteiger partial charge on any atom is 0.313 e. The van der Waals surface area contributed by atoms with Crippen molar-refractivity contribution in [2.45, 2.75) is 32.8 Å². The van der Waals surface area contributed by atoms with Crippen molar-refractivity contribution in [1.29, 1.82) is 0 Å². The Bertz CT molecular complexity index is 905. The number of aliphatic hydroxyl groups is 1. The Balaban J connectivity index is 1.59. The average Bonchev–Trinajstić information content (AvgIpc) is 3.29. The molecule has 0 aliphatic carbocycles. The molecule has 8 heteroatoms. The molecule has 1 aliphatic heterocycles. The van der Waals surface area contributed by atoms with E-state index in [-0.39, 0.29) is 12.5 Å². The first kappa shape index (κ1) is 19.6.